The van der Waals surface area contributed by atoms with Gasteiger partial charge in [0, 0.05) is 10.0 Å². The van der Waals surface area contributed by atoms with Gasteiger partial charge in [-0.05, 0) is 43.3 Å². The lowest BCUT2D eigenvalue weighted by atomic mass is 10.0. The summed E-state index contributed by atoms with van der Waals surface area (Å²) in [6.07, 6.45) is 0. The van der Waals surface area contributed by atoms with Gasteiger partial charge in [0.2, 0.25) is 17.0 Å². The van der Waals surface area contributed by atoms with Crippen LogP contribution in [0.1, 0.15) is 29.8 Å². The number of oxime groups is 1. The normalized spacial score (nSPS) is 21.5. The molecule has 1 N–H and O–H groups in total. The van der Waals surface area contributed by atoms with Gasteiger partial charge in [0.1, 0.15) is 0 Å². The molecule has 2 aromatic rings. The Morgan fingerprint density at radius 1 is 1.24 bits per heavy atom. The number of aliphatic hydroxyl groups is 1. The fourth-order valence-corrected chi connectivity index (χ4v) is 4.83. The maximum atomic E-state index is 13.7. The highest BCUT2D eigenvalue weighted by molar-refractivity contribution is 9.10. The van der Waals surface area contributed by atoms with Crippen LogP contribution in [-0.4, -0.2) is 41.4 Å². The Labute approximate surface area is 181 Å². The first-order valence-corrected chi connectivity index (χ1v) is 11.1. The highest BCUT2D eigenvalue weighted by Gasteiger charge is 2.62. The summed E-state index contributed by atoms with van der Waals surface area (Å²) in [6.45, 7) is 4.71. The second kappa shape index (κ2) is 10.3. The lowest BCUT2D eigenvalue weighted by Crippen LogP contribution is -2.52. The Morgan fingerprint density at radius 2 is 1.83 bits per heavy atom. The van der Waals surface area contributed by atoms with Gasteiger partial charge in [-0.15, -0.1) is 0 Å². The van der Waals surface area contributed by atoms with Crippen LogP contribution in [-0.2, 0) is 20.2 Å². The molecule has 29 heavy (non-hydrogen) atoms. The molecule has 3 atom stereocenters. The summed E-state index contributed by atoms with van der Waals surface area (Å²) in [4.78, 5) is 18.7. The monoisotopic (exact) mass is 484 g/mol. The van der Waals surface area contributed by atoms with E-state index in [0.717, 1.165) is 10.0 Å². The maximum absolute atomic E-state index is 13.7. The SMILES string of the molecule is CC.CO[S+](c1ccc(C)cc1)C1C(C(=O)c2ccc(Br)cc2)=NOC1(O)CF. The van der Waals surface area contributed by atoms with Crippen molar-refractivity contribution in [3.8, 4) is 0 Å². The van der Waals surface area contributed by atoms with Crippen LogP contribution in [0.5, 0.6) is 0 Å². The summed E-state index contributed by atoms with van der Waals surface area (Å²) in [5.74, 6) is -2.71. The zero-order chi connectivity index (χ0) is 21.6. The Morgan fingerprint density at radius 3 is 2.34 bits per heavy atom. The number of ketones is 1. The lowest BCUT2D eigenvalue weighted by Gasteiger charge is -2.22. The van der Waals surface area contributed by atoms with Gasteiger partial charge in [-0.2, -0.15) is 4.18 Å². The number of hydrogen-bond donors (Lipinski definition) is 1. The highest BCUT2D eigenvalue weighted by atomic mass is 79.9. The molecule has 1 aliphatic rings. The number of rotatable bonds is 6. The predicted molar refractivity (Wildman–Crippen MR) is 117 cm³/mol. The van der Waals surface area contributed by atoms with Crippen LogP contribution in [0.2, 0.25) is 0 Å². The van der Waals surface area contributed by atoms with Crippen molar-refractivity contribution in [1.82, 2.24) is 0 Å². The number of halogens is 2. The van der Waals surface area contributed by atoms with E-state index < -0.39 is 34.7 Å². The smallest absolute Gasteiger partial charge is 0.320 e. The predicted octanol–water partition coefficient (Wildman–Crippen LogP) is 4.62. The molecule has 0 bridgehead atoms. The van der Waals surface area contributed by atoms with Gasteiger partial charge in [0.05, 0.1) is 7.11 Å². The number of Topliss-reactive ketones (excluding diaryl/α,β-unsaturated/α-hetero) is 1. The van der Waals surface area contributed by atoms with E-state index in [4.69, 9.17) is 9.02 Å². The van der Waals surface area contributed by atoms with Gasteiger partial charge < -0.3 is 9.94 Å². The van der Waals surface area contributed by atoms with E-state index in [9.17, 15) is 14.3 Å². The molecule has 2 aromatic carbocycles. The molecule has 0 radical (unpaired) electrons. The molecule has 3 unspecified atom stereocenters. The molecular formula is C21H24BrFNO4S+. The van der Waals surface area contributed by atoms with Crippen molar-refractivity contribution in [1.29, 1.82) is 0 Å². The molecule has 0 saturated heterocycles. The summed E-state index contributed by atoms with van der Waals surface area (Å²) >= 11 is 2.16. The number of aryl methyl sites for hydroxylation is 1. The minimum absolute atomic E-state index is 0.0665. The standard InChI is InChI=1S/C19H18BrFNO4S.C2H6/c1-12-3-9-15(10-4-12)27(25-2)18-16(22-26-19(18,24)11-21)17(23)13-5-7-14(20)8-6-13;1-2/h3-10,18,24H,11H2,1-2H3;1-2H3/q+1;. The molecule has 1 aliphatic heterocycles. The summed E-state index contributed by atoms with van der Waals surface area (Å²) in [7, 11) is 1.45. The minimum atomic E-state index is -2.26. The van der Waals surface area contributed by atoms with Crippen LogP contribution in [0.25, 0.3) is 0 Å². The Hall–Kier alpha value is -1.74. The molecule has 156 valence electrons. The van der Waals surface area contributed by atoms with E-state index in [1.165, 1.54) is 7.11 Å². The quantitative estimate of drug-likeness (QED) is 0.479. The zero-order valence-electron chi connectivity index (χ0n) is 16.7. The molecule has 5 nitrogen and oxygen atoms in total. The second-order valence-corrected chi connectivity index (χ2v) is 8.83. The van der Waals surface area contributed by atoms with E-state index in [2.05, 4.69) is 21.1 Å². The van der Waals surface area contributed by atoms with Crippen molar-refractivity contribution < 1.29 is 23.3 Å². The summed E-state index contributed by atoms with van der Waals surface area (Å²) in [5, 5.41) is 13.3. The van der Waals surface area contributed by atoms with E-state index in [1.807, 2.05) is 45.0 Å². The number of carbonyl (C=O) groups excluding carboxylic acids is 1. The van der Waals surface area contributed by atoms with Crippen molar-refractivity contribution in [3.05, 3.63) is 64.1 Å². The van der Waals surface area contributed by atoms with Gasteiger partial charge in [-0.3, -0.25) is 4.79 Å². The lowest BCUT2D eigenvalue weighted by molar-refractivity contribution is -0.191. The molecule has 8 heteroatoms. The van der Waals surface area contributed by atoms with E-state index in [1.54, 1.807) is 24.3 Å². The fraction of sp³-hybridized carbons (Fsp3) is 0.333. The van der Waals surface area contributed by atoms with Gasteiger partial charge in [-0.1, -0.05) is 52.6 Å². The average molecular weight is 485 g/mol. The van der Waals surface area contributed by atoms with E-state index >= 15 is 0 Å². The summed E-state index contributed by atoms with van der Waals surface area (Å²) in [5.41, 5.74) is 1.34. The van der Waals surface area contributed by atoms with Crippen molar-refractivity contribution in [2.45, 2.75) is 36.7 Å². The van der Waals surface area contributed by atoms with E-state index in [0.29, 0.717) is 10.5 Å². The molecule has 0 aromatic heterocycles. The third-order valence-electron chi connectivity index (χ3n) is 4.14. The van der Waals surface area contributed by atoms with Crippen molar-refractivity contribution >= 4 is 38.6 Å². The van der Waals surface area contributed by atoms with Crippen LogP contribution >= 0.6 is 15.9 Å². The van der Waals surface area contributed by atoms with Crippen LogP contribution in [0.3, 0.4) is 0 Å². The van der Waals surface area contributed by atoms with Crippen LogP contribution in [0, 0.1) is 6.92 Å². The Kier molecular flexibility index (Phi) is 8.39. The largest absolute Gasteiger partial charge is 0.351 e. The maximum Gasteiger partial charge on any atom is 0.320 e. The van der Waals surface area contributed by atoms with Crippen LogP contribution < -0.4 is 0 Å². The molecule has 3 rings (SSSR count). The topological polar surface area (TPSA) is 68.1 Å². The number of benzene rings is 2. The zero-order valence-corrected chi connectivity index (χ0v) is 19.1. The van der Waals surface area contributed by atoms with Gasteiger partial charge >= 0.3 is 5.79 Å². The van der Waals surface area contributed by atoms with Crippen molar-refractivity contribution in [3.63, 3.8) is 0 Å². The molecule has 0 amide bonds. The molecule has 0 spiro atoms. The Bertz CT molecular complexity index is 860. The summed E-state index contributed by atoms with van der Waals surface area (Å²) in [6, 6.07) is 14.1. The molecular weight excluding hydrogens is 461 g/mol. The third kappa shape index (κ3) is 5.06. The fourth-order valence-electron chi connectivity index (χ4n) is 2.71. The first-order valence-electron chi connectivity index (χ1n) is 9.08. The first kappa shape index (κ1) is 23.5. The number of alkyl halides is 1. The summed E-state index contributed by atoms with van der Waals surface area (Å²) < 4.78 is 20.1. The average Bonchev–Trinajstić information content (AvgIpc) is 3.09. The van der Waals surface area contributed by atoms with Crippen molar-refractivity contribution in [2.24, 2.45) is 5.16 Å². The van der Waals surface area contributed by atoms with Gasteiger partial charge in [-0.25, -0.2) is 4.39 Å². The first-order chi connectivity index (χ1) is 13.9. The van der Waals surface area contributed by atoms with E-state index in [-0.39, 0.29) is 5.71 Å². The number of hydrogen-bond acceptors (Lipinski definition) is 5. The third-order valence-corrected chi connectivity index (χ3v) is 6.78. The van der Waals surface area contributed by atoms with Crippen LogP contribution in [0.4, 0.5) is 4.39 Å². The minimum Gasteiger partial charge on any atom is -0.351 e. The van der Waals surface area contributed by atoms with Crippen molar-refractivity contribution in [2.75, 3.05) is 13.8 Å². The molecule has 0 aliphatic carbocycles. The highest BCUT2D eigenvalue weighted by Crippen LogP contribution is 2.35. The molecule has 1 heterocycles. The molecule has 0 fully saturated rings. The van der Waals surface area contributed by atoms with Crippen LogP contribution in [0.15, 0.2) is 63.1 Å². The number of carbonyl (C=O) groups is 1. The molecule has 0 saturated carbocycles. The number of nitrogens with zero attached hydrogens (tertiary/aromatic N) is 1. The second-order valence-electron chi connectivity index (χ2n) is 6.04. The Balaban J connectivity index is 0.00000145. The van der Waals surface area contributed by atoms with Gasteiger partial charge in [0.15, 0.2) is 17.3 Å². The van der Waals surface area contributed by atoms with Gasteiger partial charge in [0.25, 0.3) is 5.25 Å².